The van der Waals surface area contributed by atoms with Crippen molar-refractivity contribution in [2.75, 3.05) is 24.7 Å². The molecule has 1 saturated heterocycles. The first-order valence-electron chi connectivity index (χ1n) is 10.9. The highest BCUT2D eigenvalue weighted by atomic mass is 32.1. The fraction of sp³-hybridized carbons (Fsp3) is 0.417. The van der Waals surface area contributed by atoms with Crippen molar-refractivity contribution in [2.24, 2.45) is 5.92 Å². The number of ether oxygens (including phenoxy) is 1. The molecule has 1 aromatic carbocycles. The third-order valence-electron chi connectivity index (χ3n) is 6.35. The second-order valence-corrected chi connectivity index (χ2v) is 10.1. The van der Waals surface area contributed by atoms with Gasteiger partial charge in [0.15, 0.2) is 0 Å². The normalized spacial score (nSPS) is 20.7. The Morgan fingerprint density at radius 3 is 2.88 bits per heavy atom. The van der Waals surface area contributed by atoms with E-state index in [1.54, 1.807) is 36.3 Å². The molecule has 0 unspecified atom stereocenters. The minimum Gasteiger partial charge on any atom is -0.383 e. The number of amides is 2. The molecule has 2 atom stereocenters. The summed E-state index contributed by atoms with van der Waals surface area (Å²) in [6.45, 7) is 6.91. The smallest absolute Gasteiger partial charge is 0.313 e. The molecule has 2 amide bonds. The second kappa shape index (κ2) is 9.07. The summed E-state index contributed by atoms with van der Waals surface area (Å²) in [6.07, 6.45) is 3.18. The fourth-order valence-electron chi connectivity index (χ4n) is 4.33. The van der Waals surface area contributed by atoms with Gasteiger partial charge in [-0.2, -0.15) is 0 Å². The highest BCUT2D eigenvalue weighted by Gasteiger charge is 2.43. The maximum Gasteiger partial charge on any atom is 0.313 e. The molecule has 1 fully saturated rings. The van der Waals surface area contributed by atoms with E-state index in [4.69, 9.17) is 10.5 Å². The van der Waals surface area contributed by atoms with E-state index in [1.165, 1.54) is 6.20 Å². The van der Waals surface area contributed by atoms with Gasteiger partial charge in [0.1, 0.15) is 10.8 Å². The van der Waals surface area contributed by atoms with Gasteiger partial charge in [-0.05, 0) is 61.9 Å². The molecule has 2 aromatic heterocycles. The number of nitrogens with two attached hydrogens (primary N) is 1. The number of aryl methyl sites for hydroxylation is 1. The van der Waals surface area contributed by atoms with Gasteiger partial charge in [-0.15, -0.1) is 11.3 Å². The van der Waals surface area contributed by atoms with Crippen molar-refractivity contribution in [3.63, 3.8) is 0 Å². The Morgan fingerprint density at radius 1 is 1.36 bits per heavy atom. The Morgan fingerprint density at radius 2 is 2.15 bits per heavy atom. The SMILES string of the molecule is COCc1nc2cc([C@]3(C)CC[C@H](C)CN3C(=O)C(=O)Nc3cnc(N)c(C)c3)ccc2s1. The molecule has 0 spiro atoms. The molecule has 8 nitrogen and oxygen atoms in total. The number of carbonyl (C=O) groups is 2. The van der Waals surface area contributed by atoms with Gasteiger partial charge in [0, 0.05) is 13.7 Å². The lowest BCUT2D eigenvalue weighted by Crippen LogP contribution is -2.55. The first-order chi connectivity index (χ1) is 15.7. The number of thiazole rings is 1. The Bertz CT molecular complexity index is 1210. The molecule has 33 heavy (non-hydrogen) atoms. The third kappa shape index (κ3) is 4.56. The van der Waals surface area contributed by atoms with Crippen LogP contribution >= 0.6 is 11.3 Å². The van der Waals surface area contributed by atoms with Crippen LogP contribution in [0, 0.1) is 12.8 Å². The van der Waals surface area contributed by atoms with Crippen molar-refractivity contribution in [1.82, 2.24) is 14.9 Å². The van der Waals surface area contributed by atoms with Crippen LogP contribution in [0.25, 0.3) is 10.2 Å². The average Bonchev–Trinajstić information content (AvgIpc) is 3.19. The molecule has 0 aliphatic carbocycles. The Labute approximate surface area is 197 Å². The van der Waals surface area contributed by atoms with Crippen LogP contribution in [0.1, 0.15) is 42.8 Å². The molecule has 0 radical (unpaired) electrons. The van der Waals surface area contributed by atoms with E-state index in [9.17, 15) is 9.59 Å². The van der Waals surface area contributed by atoms with E-state index >= 15 is 0 Å². The first kappa shape index (κ1) is 23.1. The number of nitrogens with zero attached hydrogens (tertiary/aromatic N) is 3. The Balaban J connectivity index is 1.63. The minimum atomic E-state index is -0.682. The summed E-state index contributed by atoms with van der Waals surface area (Å²) in [5.74, 6) is -0.551. The van der Waals surface area contributed by atoms with Gasteiger partial charge in [-0.25, -0.2) is 9.97 Å². The van der Waals surface area contributed by atoms with E-state index in [-0.39, 0.29) is 0 Å². The lowest BCUT2D eigenvalue weighted by Gasteiger charge is -2.47. The second-order valence-electron chi connectivity index (χ2n) is 8.94. The van der Waals surface area contributed by atoms with Crippen molar-refractivity contribution in [2.45, 2.75) is 45.8 Å². The predicted octanol–water partition coefficient (Wildman–Crippen LogP) is 3.84. The van der Waals surface area contributed by atoms with Crippen LogP contribution < -0.4 is 11.1 Å². The van der Waals surface area contributed by atoms with Gasteiger partial charge in [-0.1, -0.05) is 13.0 Å². The van der Waals surface area contributed by atoms with E-state index in [1.807, 2.05) is 25.1 Å². The molecule has 174 valence electrons. The van der Waals surface area contributed by atoms with Crippen LogP contribution in [-0.2, 0) is 26.5 Å². The number of pyridine rings is 1. The molecule has 1 aliphatic heterocycles. The van der Waals surface area contributed by atoms with Gasteiger partial charge in [0.05, 0.1) is 34.2 Å². The van der Waals surface area contributed by atoms with Gasteiger partial charge in [-0.3, -0.25) is 9.59 Å². The number of hydrogen-bond acceptors (Lipinski definition) is 7. The standard InChI is InChI=1S/C24H29N5O3S/c1-14-7-8-24(3,16-5-6-19-18(10-16)28-20(33-19)13-32-4)29(12-14)23(31)22(30)27-17-9-15(2)21(25)26-11-17/h5-6,9-11,14H,7-8,12-13H2,1-4H3,(H2,25,26)(H,27,30)/t14-,24-/m0/s1. The van der Waals surface area contributed by atoms with E-state index in [2.05, 4.69) is 22.2 Å². The largest absolute Gasteiger partial charge is 0.383 e. The highest BCUT2D eigenvalue weighted by molar-refractivity contribution is 7.18. The molecule has 3 aromatic rings. The number of carbonyl (C=O) groups excluding carboxylic acids is 2. The summed E-state index contributed by atoms with van der Waals surface area (Å²) >= 11 is 1.60. The lowest BCUT2D eigenvalue weighted by atomic mass is 9.79. The Kier molecular flexibility index (Phi) is 6.36. The number of likely N-dealkylation sites (tertiary alicyclic amines) is 1. The zero-order valence-corrected chi connectivity index (χ0v) is 20.2. The van der Waals surface area contributed by atoms with E-state index in [0.29, 0.717) is 30.6 Å². The molecule has 3 N–H and O–H groups in total. The fourth-order valence-corrected chi connectivity index (χ4v) is 5.25. The zero-order chi connectivity index (χ0) is 23.8. The molecule has 0 bridgehead atoms. The number of methoxy groups -OCH3 is 1. The number of fused-ring (bicyclic) bond motifs is 1. The van der Waals surface area contributed by atoms with Crippen LogP contribution in [0.3, 0.4) is 0 Å². The van der Waals surface area contributed by atoms with Crippen LogP contribution in [-0.4, -0.2) is 40.3 Å². The minimum absolute atomic E-state index is 0.298. The molecule has 0 saturated carbocycles. The third-order valence-corrected chi connectivity index (χ3v) is 7.36. The number of nitrogen functional groups attached to an aromatic ring is 1. The molecule has 4 rings (SSSR count). The summed E-state index contributed by atoms with van der Waals surface area (Å²) in [5, 5.41) is 3.59. The lowest BCUT2D eigenvalue weighted by molar-refractivity contribution is -0.150. The summed E-state index contributed by atoms with van der Waals surface area (Å²) in [6, 6.07) is 7.82. The van der Waals surface area contributed by atoms with Crippen molar-refractivity contribution < 1.29 is 14.3 Å². The zero-order valence-electron chi connectivity index (χ0n) is 19.3. The van der Waals surface area contributed by atoms with Crippen LogP contribution in [0.4, 0.5) is 11.5 Å². The molecule has 9 heteroatoms. The van der Waals surface area contributed by atoms with E-state index < -0.39 is 17.4 Å². The monoisotopic (exact) mass is 467 g/mol. The number of nitrogens with one attached hydrogen (secondary N) is 1. The first-order valence-corrected chi connectivity index (χ1v) is 11.8. The molecular weight excluding hydrogens is 438 g/mol. The van der Waals surface area contributed by atoms with E-state index in [0.717, 1.165) is 39.2 Å². The van der Waals surface area contributed by atoms with Gasteiger partial charge >= 0.3 is 11.8 Å². The van der Waals surface area contributed by atoms with Crippen molar-refractivity contribution >= 4 is 44.9 Å². The van der Waals surface area contributed by atoms with Crippen molar-refractivity contribution in [1.29, 1.82) is 0 Å². The summed E-state index contributed by atoms with van der Waals surface area (Å²) in [4.78, 5) is 36.8. The molecule has 1 aliphatic rings. The number of aromatic nitrogens is 2. The van der Waals surface area contributed by atoms with Crippen molar-refractivity contribution in [3.05, 3.63) is 46.6 Å². The summed E-state index contributed by atoms with van der Waals surface area (Å²) in [5.41, 5.74) is 8.18. The maximum absolute atomic E-state index is 13.4. The van der Waals surface area contributed by atoms with Gasteiger partial charge in [0.2, 0.25) is 0 Å². The van der Waals surface area contributed by atoms with Crippen LogP contribution in [0.2, 0.25) is 0 Å². The number of anilines is 2. The maximum atomic E-state index is 13.4. The number of hydrogen-bond donors (Lipinski definition) is 2. The number of rotatable bonds is 4. The Hall–Kier alpha value is -3.04. The number of piperidine rings is 1. The number of benzene rings is 1. The molecular formula is C24H29N5O3S. The van der Waals surface area contributed by atoms with Crippen molar-refractivity contribution in [3.8, 4) is 0 Å². The average molecular weight is 468 g/mol. The predicted molar refractivity (Wildman–Crippen MR) is 130 cm³/mol. The van der Waals surface area contributed by atoms with Gasteiger partial charge in [0.25, 0.3) is 0 Å². The quantitative estimate of drug-likeness (QED) is 0.564. The van der Waals surface area contributed by atoms with Crippen LogP contribution in [0.5, 0.6) is 0 Å². The summed E-state index contributed by atoms with van der Waals surface area (Å²) in [7, 11) is 1.65. The summed E-state index contributed by atoms with van der Waals surface area (Å²) < 4.78 is 6.28. The highest BCUT2D eigenvalue weighted by Crippen LogP contribution is 2.40. The molecule has 3 heterocycles. The van der Waals surface area contributed by atoms with Crippen LogP contribution in [0.15, 0.2) is 30.5 Å². The van der Waals surface area contributed by atoms with Gasteiger partial charge < -0.3 is 20.7 Å². The topological polar surface area (TPSA) is 110 Å².